The van der Waals surface area contributed by atoms with Gasteiger partial charge in [-0.05, 0) is 60.5 Å². The summed E-state index contributed by atoms with van der Waals surface area (Å²) in [6, 6.07) is 23.6. The van der Waals surface area contributed by atoms with E-state index in [4.69, 9.17) is 14.3 Å². The van der Waals surface area contributed by atoms with Gasteiger partial charge in [-0.25, -0.2) is 9.96 Å². The summed E-state index contributed by atoms with van der Waals surface area (Å²) in [6.07, 6.45) is -0.0188. The minimum absolute atomic E-state index is 0.288. The lowest BCUT2D eigenvalue weighted by molar-refractivity contribution is -0.126. The van der Waals surface area contributed by atoms with E-state index < -0.39 is 18.1 Å². The zero-order valence-electron chi connectivity index (χ0n) is 19.1. The van der Waals surface area contributed by atoms with Crippen LogP contribution in [0.25, 0.3) is 0 Å². The highest BCUT2D eigenvalue weighted by Gasteiger charge is 2.60. The Bertz CT molecular complexity index is 1180. The molecule has 2 heterocycles. The van der Waals surface area contributed by atoms with Crippen LogP contribution < -0.4 is 19.4 Å². The second kappa shape index (κ2) is 9.19. The number of fused-ring (bicyclic) bond motifs is 1. The first-order valence-corrected chi connectivity index (χ1v) is 11.4. The number of nitrogens with zero attached hydrogens (tertiary/aromatic N) is 2. The van der Waals surface area contributed by atoms with E-state index in [-0.39, 0.29) is 11.8 Å². The van der Waals surface area contributed by atoms with Crippen molar-refractivity contribution in [2.75, 3.05) is 23.7 Å². The summed E-state index contributed by atoms with van der Waals surface area (Å²) in [5.74, 6) is 0.0127. The zero-order chi connectivity index (χ0) is 23.7. The molecular formula is C27H26N2O5. The monoisotopic (exact) mass is 458 g/mol. The molecule has 2 aliphatic heterocycles. The van der Waals surface area contributed by atoms with Crippen molar-refractivity contribution in [1.29, 1.82) is 0 Å². The van der Waals surface area contributed by atoms with Gasteiger partial charge in [0.2, 0.25) is 5.91 Å². The first-order valence-electron chi connectivity index (χ1n) is 11.4. The molecule has 2 amide bonds. The van der Waals surface area contributed by atoms with Crippen molar-refractivity contribution in [3.8, 4) is 11.5 Å². The van der Waals surface area contributed by atoms with Crippen LogP contribution in [0.2, 0.25) is 0 Å². The van der Waals surface area contributed by atoms with Gasteiger partial charge in [-0.15, -0.1) is 0 Å². The Hall–Kier alpha value is -3.84. The van der Waals surface area contributed by atoms with Gasteiger partial charge >= 0.3 is 0 Å². The van der Waals surface area contributed by atoms with Gasteiger partial charge < -0.3 is 9.47 Å². The van der Waals surface area contributed by atoms with Gasteiger partial charge in [-0.2, -0.15) is 0 Å². The van der Waals surface area contributed by atoms with Gasteiger partial charge in [0.05, 0.1) is 31.1 Å². The minimum atomic E-state index is -0.917. The lowest BCUT2D eigenvalue weighted by Crippen LogP contribution is -2.37. The molecule has 7 nitrogen and oxygen atoms in total. The summed E-state index contributed by atoms with van der Waals surface area (Å²) in [5, 5.41) is 1.68. The number of benzene rings is 3. The number of methoxy groups -OCH3 is 1. The number of carbonyl (C=O) groups excluding carboxylic acids is 2. The van der Waals surface area contributed by atoms with Gasteiger partial charge in [-0.3, -0.25) is 14.4 Å². The molecule has 0 spiro atoms. The number of hydrogen-bond acceptors (Lipinski definition) is 6. The second-order valence-electron chi connectivity index (χ2n) is 8.29. The van der Waals surface area contributed by atoms with E-state index in [1.54, 1.807) is 36.4 Å². The highest BCUT2D eigenvalue weighted by Crippen LogP contribution is 2.48. The third kappa shape index (κ3) is 3.78. The van der Waals surface area contributed by atoms with Gasteiger partial charge in [0.25, 0.3) is 5.91 Å². The fraction of sp³-hybridized carbons (Fsp3) is 0.259. The van der Waals surface area contributed by atoms with Crippen LogP contribution in [-0.2, 0) is 14.4 Å². The molecule has 0 aromatic heterocycles. The Balaban J connectivity index is 1.51. The van der Waals surface area contributed by atoms with Crippen LogP contribution in [0, 0.1) is 5.92 Å². The molecule has 2 fully saturated rings. The van der Waals surface area contributed by atoms with Gasteiger partial charge in [0, 0.05) is 0 Å². The smallest absolute Gasteiger partial charge is 0.266 e. The molecule has 3 atom stereocenters. The van der Waals surface area contributed by atoms with E-state index in [2.05, 4.69) is 0 Å². The molecular weight excluding hydrogens is 432 g/mol. The molecule has 3 aromatic rings. The average molecular weight is 459 g/mol. The predicted molar refractivity (Wildman–Crippen MR) is 128 cm³/mol. The summed E-state index contributed by atoms with van der Waals surface area (Å²) in [7, 11) is 1.60. The third-order valence-corrected chi connectivity index (χ3v) is 6.13. The molecule has 0 aliphatic carbocycles. The molecule has 2 saturated heterocycles. The number of anilines is 2. The average Bonchev–Trinajstić information content (AvgIpc) is 3.39. The zero-order valence-corrected chi connectivity index (χ0v) is 19.1. The summed E-state index contributed by atoms with van der Waals surface area (Å²) >= 11 is 0. The first kappa shape index (κ1) is 22.0. The fourth-order valence-corrected chi connectivity index (χ4v) is 4.54. The SMILES string of the molecule is CCCOc1ccc(N2C(=O)[C@H]3[C@@H](ON(c4ccccc4)[C@H]3c3cccc(OC)c3)C2=O)cc1. The normalized spacial score (nSPS) is 21.6. The maximum atomic E-state index is 13.7. The fourth-order valence-electron chi connectivity index (χ4n) is 4.54. The molecule has 34 heavy (non-hydrogen) atoms. The molecule has 3 aromatic carbocycles. The van der Waals surface area contributed by atoms with Crippen LogP contribution >= 0.6 is 0 Å². The predicted octanol–water partition coefficient (Wildman–Crippen LogP) is 4.54. The number of hydrogen-bond donors (Lipinski definition) is 0. The van der Waals surface area contributed by atoms with Crippen LogP contribution in [0.15, 0.2) is 78.9 Å². The quantitative estimate of drug-likeness (QED) is 0.485. The van der Waals surface area contributed by atoms with E-state index in [0.717, 1.165) is 17.7 Å². The van der Waals surface area contributed by atoms with E-state index in [1.807, 2.05) is 61.5 Å². The molecule has 2 aliphatic rings. The molecule has 0 N–H and O–H groups in total. The van der Waals surface area contributed by atoms with Crippen LogP contribution in [0.1, 0.15) is 24.9 Å². The summed E-state index contributed by atoms with van der Waals surface area (Å²) in [6.45, 7) is 2.64. The maximum absolute atomic E-state index is 13.7. The third-order valence-electron chi connectivity index (χ3n) is 6.13. The number of rotatable bonds is 7. The molecule has 0 unspecified atom stereocenters. The molecule has 0 saturated carbocycles. The highest BCUT2D eigenvalue weighted by molar-refractivity contribution is 6.23. The first-order chi connectivity index (χ1) is 16.6. The number of ether oxygens (including phenoxy) is 2. The van der Waals surface area contributed by atoms with Crippen molar-refractivity contribution in [2.24, 2.45) is 5.92 Å². The number of hydroxylamine groups is 1. The van der Waals surface area contributed by atoms with E-state index >= 15 is 0 Å². The van der Waals surface area contributed by atoms with Gasteiger partial charge in [0.1, 0.15) is 17.4 Å². The summed E-state index contributed by atoms with van der Waals surface area (Å²) < 4.78 is 11.0. The number of imide groups is 1. The molecule has 5 rings (SSSR count). The molecule has 0 bridgehead atoms. The number of carbonyl (C=O) groups is 2. The van der Waals surface area contributed by atoms with Gasteiger partial charge in [0.15, 0.2) is 6.10 Å². The van der Waals surface area contributed by atoms with Crippen molar-refractivity contribution < 1.29 is 23.9 Å². The second-order valence-corrected chi connectivity index (χ2v) is 8.29. The van der Waals surface area contributed by atoms with Crippen LogP contribution in [-0.4, -0.2) is 31.6 Å². The van der Waals surface area contributed by atoms with Crippen molar-refractivity contribution in [3.63, 3.8) is 0 Å². The highest BCUT2D eigenvalue weighted by atomic mass is 16.7. The molecule has 174 valence electrons. The standard InChI is InChI=1S/C27H26N2O5/c1-3-16-33-21-14-12-19(13-15-21)28-26(30)23-24(18-8-7-11-22(17-18)32-2)29(34-25(23)27(28)31)20-9-5-4-6-10-20/h4-15,17,23-25H,3,16H2,1-2H3/t23-,24+,25-/m1/s1. The maximum Gasteiger partial charge on any atom is 0.266 e. The van der Waals surface area contributed by atoms with Crippen LogP contribution in [0.5, 0.6) is 11.5 Å². The summed E-state index contributed by atoms with van der Waals surface area (Å²) in [5.41, 5.74) is 2.11. The van der Waals surface area contributed by atoms with E-state index in [0.29, 0.717) is 23.8 Å². The number of para-hydroxylation sites is 1. The topological polar surface area (TPSA) is 68.3 Å². The van der Waals surface area contributed by atoms with Crippen LogP contribution in [0.3, 0.4) is 0 Å². The lowest BCUT2D eigenvalue weighted by atomic mass is 9.90. The van der Waals surface area contributed by atoms with Crippen molar-refractivity contribution >= 4 is 23.2 Å². The van der Waals surface area contributed by atoms with E-state index in [1.165, 1.54) is 4.90 Å². The molecule has 7 heteroatoms. The Labute approximate surface area is 198 Å². The largest absolute Gasteiger partial charge is 0.497 e. The van der Waals surface area contributed by atoms with Crippen molar-refractivity contribution in [3.05, 3.63) is 84.4 Å². The minimum Gasteiger partial charge on any atom is -0.497 e. The Morgan fingerprint density at radius 2 is 1.62 bits per heavy atom. The van der Waals surface area contributed by atoms with Crippen LogP contribution in [0.4, 0.5) is 11.4 Å². The molecule has 0 radical (unpaired) electrons. The Morgan fingerprint density at radius 3 is 2.32 bits per heavy atom. The van der Waals surface area contributed by atoms with E-state index in [9.17, 15) is 9.59 Å². The van der Waals surface area contributed by atoms with Gasteiger partial charge in [-0.1, -0.05) is 37.3 Å². The Kier molecular flexibility index (Phi) is 5.94. The number of amides is 2. The van der Waals surface area contributed by atoms with Crippen molar-refractivity contribution in [2.45, 2.75) is 25.5 Å². The van der Waals surface area contributed by atoms with Crippen molar-refractivity contribution in [1.82, 2.24) is 0 Å². The summed E-state index contributed by atoms with van der Waals surface area (Å²) in [4.78, 5) is 34.5. The lowest BCUT2D eigenvalue weighted by Gasteiger charge is -2.29. The Morgan fingerprint density at radius 1 is 0.853 bits per heavy atom.